The molecule has 4 heteroatoms. The molecule has 314 valence electrons. The van der Waals surface area contributed by atoms with Crippen molar-refractivity contribution in [3.05, 3.63) is 231 Å². The molecule has 0 aliphatic heterocycles. The van der Waals surface area contributed by atoms with Crippen LogP contribution in [-0.2, 0) is 0 Å². The van der Waals surface area contributed by atoms with Crippen LogP contribution in [0.1, 0.15) is 0 Å². The van der Waals surface area contributed by atoms with Gasteiger partial charge in [-0.15, -0.1) is 0 Å². The maximum atomic E-state index is 5.54. The highest BCUT2D eigenvalue weighted by molar-refractivity contribution is 6.29. The number of aromatic nitrogens is 4. The first-order valence-corrected chi connectivity index (χ1v) is 23.3. The maximum absolute atomic E-state index is 5.54. The number of rotatable bonds is 5. The third-order valence-corrected chi connectivity index (χ3v) is 14.5. The summed E-state index contributed by atoms with van der Waals surface area (Å²) in [5.41, 5.74) is 18.5. The van der Waals surface area contributed by atoms with E-state index in [0.717, 1.165) is 66.0 Å². The van der Waals surface area contributed by atoms with Crippen molar-refractivity contribution in [3.63, 3.8) is 0 Å². The lowest BCUT2D eigenvalue weighted by Gasteiger charge is -2.14. The highest BCUT2D eigenvalue weighted by Gasteiger charge is 2.26. The van der Waals surface area contributed by atoms with Crippen molar-refractivity contribution >= 4 is 76.1 Å². The SMILES string of the molecule is c1ccc(-c2ccc(-c3nc(-n4c5ccccc5c5cc(-c6ccc7c(c6)c6c8cccc9c8c(cc6n7-c6ccccc6)-c6ccccc6-9)ccc54)nc4ccc5ccccc5c34)cc2)cc1. The summed E-state index contributed by atoms with van der Waals surface area (Å²) in [6.45, 7) is 0. The zero-order valence-electron chi connectivity index (χ0n) is 36.7. The van der Waals surface area contributed by atoms with Crippen LogP contribution in [0.2, 0.25) is 0 Å². The molecule has 0 saturated heterocycles. The zero-order valence-corrected chi connectivity index (χ0v) is 36.7. The zero-order chi connectivity index (χ0) is 44.5. The molecule has 15 rings (SSSR count). The average Bonchev–Trinajstić information content (AvgIpc) is 4.04. The van der Waals surface area contributed by atoms with Crippen LogP contribution in [0.3, 0.4) is 0 Å². The Morgan fingerprint density at radius 2 is 0.868 bits per heavy atom. The lowest BCUT2D eigenvalue weighted by Crippen LogP contribution is -2.03. The third-order valence-electron chi connectivity index (χ3n) is 14.5. The highest BCUT2D eigenvalue weighted by atomic mass is 15.2. The second-order valence-electron chi connectivity index (χ2n) is 18.1. The van der Waals surface area contributed by atoms with Gasteiger partial charge in [0.25, 0.3) is 0 Å². The second-order valence-corrected chi connectivity index (χ2v) is 18.1. The lowest BCUT2D eigenvalue weighted by atomic mass is 9.96. The summed E-state index contributed by atoms with van der Waals surface area (Å²) in [4.78, 5) is 10.9. The number of nitrogens with zero attached hydrogens (tertiary/aromatic N) is 4. The van der Waals surface area contributed by atoms with Crippen LogP contribution in [0, 0.1) is 0 Å². The largest absolute Gasteiger partial charge is 0.309 e. The summed E-state index contributed by atoms with van der Waals surface area (Å²) in [6, 6.07) is 83.8. The molecule has 0 spiro atoms. The molecular formula is C64H38N4. The molecule has 11 aromatic carbocycles. The molecule has 0 saturated carbocycles. The molecule has 0 amide bonds. The van der Waals surface area contributed by atoms with Gasteiger partial charge in [-0.25, -0.2) is 9.97 Å². The molecule has 68 heavy (non-hydrogen) atoms. The predicted molar refractivity (Wildman–Crippen MR) is 284 cm³/mol. The third kappa shape index (κ3) is 5.31. The predicted octanol–water partition coefficient (Wildman–Crippen LogP) is 16.8. The van der Waals surface area contributed by atoms with Gasteiger partial charge in [-0.05, 0) is 121 Å². The summed E-state index contributed by atoms with van der Waals surface area (Å²) >= 11 is 0. The van der Waals surface area contributed by atoms with Crippen molar-refractivity contribution in [2.75, 3.05) is 0 Å². The topological polar surface area (TPSA) is 35.6 Å². The quantitative estimate of drug-likeness (QED) is 0.162. The average molecular weight is 863 g/mol. The fraction of sp³-hybridized carbons (Fsp3) is 0. The highest BCUT2D eigenvalue weighted by Crippen LogP contribution is 2.51. The normalized spacial score (nSPS) is 12.1. The van der Waals surface area contributed by atoms with E-state index in [4.69, 9.17) is 9.97 Å². The van der Waals surface area contributed by atoms with Gasteiger partial charge in [0.05, 0.1) is 33.3 Å². The Bertz CT molecular complexity index is 4410. The molecule has 0 radical (unpaired) electrons. The Morgan fingerprint density at radius 1 is 0.279 bits per heavy atom. The van der Waals surface area contributed by atoms with Gasteiger partial charge in [0.15, 0.2) is 0 Å². The number of benzene rings is 11. The lowest BCUT2D eigenvalue weighted by molar-refractivity contribution is 1.01. The molecule has 0 unspecified atom stereocenters. The standard InChI is InChI=1S/C64H38N4/c1-3-14-39(15-4-1)40-26-28-42(29-27-40)63-62-46-19-8-7-16-41(46)30-33-55(62)65-64(66-63)68-56-25-12-11-22-49(56)52-36-43(31-34-57(52)68)44-32-35-58-54(37-44)61-51-24-13-23-50-47-20-9-10-21-48(47)53(60(50)51)38-59(61)67(58)45-17-5-2-6-18-45/h1-38H. The van der Waals surface area contributed by atoms with Crippen molar-refractivity contribution in [1.29, 1.82) is 0 Å². The van der Waals surface area contributed by atoms with Gasteiger partial charge in [0, 0.05) is 38.2 Å². The summed E-state index contributed by atoms with van der Waals surface area (Å²) in [6.07, 6.45) is 0. The molecule has 3 heterocycles. The molecule has 0 atom stereocenters. The van der Waals surface area contributed by atoms with E-state index in [2.05, 4.69) is 240 Å². The minimum Gasteiger partial charge on any atom is -0.309 e. The van der Waals surface area contributed by atoms with Gasteiger partial charge in [0.2, 0.25) is 5.95 Å². The summed E-state index contributed by atoms with van der Waals surface area (Å²) < 4.78 is 4.70. The second kappa shape index (κ2) is 14.2. The minimum absolute atomic E-state index is 0.647. The van der Waals surface area contributed by atoms with Crippen LogP contribution in [0.15, 0.2) is 231 Å². The van der Waals surface area contributed by atoms with Crippen LogP contribution in [0.25, 0.3) is 143 Å². The van der Waals surface area contributed by atoms with Crippen LogP contribution in [0.4, 0.5) is 0 Å². The van der Waals surface area contributed by atoms with Crippen molar-refractivity contribution in [1.82, 2.24) is 19.1 Å². The van der Waals surface area contributed by atoms with E-state index in [1.165, 1.54) is 71.5 Å². The van der Waals surface area contributed by atoms with Crippen molar-refractivity contribution in [2.45, 2.75) is 0 Å². The van der Waals surface area contributed by atoms with E-state index in [0.29, 0.717) is 5.95 Å². The van der Waals surface area contributed by atoms with Crippen LogP contribution in [-0.4, -0.2) is 19.1 Å². The first-order chi connectivity index (χ1) is 33.7. The number of fused-ring (bicyclic) bond motifs is 13. The van der Waals surface area contributed by atoms with Crippen molar-refractivity contribution in [2.24, 2.45) is 0 Å². The van der Waals surface area contributed by atoms with E-state index in [1.807, 2.05) is 0 Å². The molecule has 0 fully saturated rings. The van der Waals surface area contributed by atoms with E-state index in [9.17, 15) is 0 Å². The number of hydrogen-bond acceptors (Lipinski definition) is 2. The molecule has 3 aromatic heterocycles. The maximum Gasteiger partial charge on any atom is 0.235 e. The Morgan fingerprint density at radius 3 is 1.68 bits per heavy atom. The van der Waals surface area contributed by atoms with Crippen LogP contribution in [0.5, 0.6) is 0 Å². The minimum atomic E-state index is 0.647. The Kier molecular flexibility index (Phi) is 7.75. The Balaban J connectivity index is 0.935. The van der Waals surface area contributed by atoms with Crippen LogP contribution >= 0.6 is 0 Å². The van der Waals surface area contributed by atoms with E-state index >= 15 is 0 Å². The fourth-order valence-corrected chi connectivity index (χ4v) is 11.4. The molecular weight excluding hydrogens is 825 g/mol. The molecule has 0 bridgehead atoms. The first-order valence-electron chi connectivity index (χ1n) is 23.3. The van der Waals surface area contributed by atoms with Gasteiger partial charge in [-0.3, -0.25) is 4.57 Å². The van der Waals surface area contributed by atoms with Gasteiger partial charge in [-0.1, -0.05) is 176 Å². The number of para-hydroxylation sites is 2. The molecule has 14 aromatic rings. The molecule has 0 N–H and O–H groups in total. The fourth-order valence-electron chi connectivity index (χ4n) is 11.4. The van der Waals surface area contributed by atoms with Gasteiger partial charge < -0.3 is 4.57 Å². The van der Waals surface area contributed by atoms with E-state index in [1.54, 1.807) is 0 Å². The summed E-state index contributed by atoms with van der Waals surface area (Å²) in [5, 5.41) is 10.8. The monoisotopic (exact) mass is 862 g/mol. The van der Waals surface area contributed by atoms with Gasteiger partial charge >= 0.3 is 0 Å². The summed E-state index contributed by atoms with van der Waals surface area (Å²) in [5.74, 6) is 0.647. The molecule has 4 nitrogen and oxygen atoms in total. The Hall–Kier alpha value is -9.12. The first kappa shape index (κ1) is 37.1. The van der Waals surface area contributed by atoms with E-state index in [-0.39, 0.29) is 0 Å². The Labute approximate surface area is 391 Å². The smallest absolute Gasteiger partial charge is 0.235 e. The van der Waals surface area contributed by atoms with Gasteiger partial charge in [0.1, 0.15) is 0 Å². The summed E-state index contributed by atoms with van der Waals surface area (Å²) in [7, 11) is 0. The van der Waals surface area contributed by atoms with Gasteiger partial charge in [-0.2, -0.15) is 0 Å². The molecule has 1 aliphatic rings. The molecule has 1 aliphatic carbocycles. The van der Waals surface area contributed by atoms with Crippen LogP contribution < -0.4 is 0 Å². The van der Waals surface area contributed by atoms with Crippen molar-refractivity contribution < 1.29 is 0 Å². The van der Waals surface area contributed by atoms with E-state index < -0.39 is 0 Å². The number of hydrogen-bond donors (Lipinski definition) is 0. The van der Waals surface area contributed by atoms with Crippen molar-refractivity contribution in [3.8, 4) is 67.4 Å².